The fraction of sp³-hybridized carbons (Fsp3) is 0.409. The standard InChI is InChI=1S/C22H27N5OS/c1-16-19(17-7-4-3-5-8-17)20-21(24-15-25-22(20)29-16)23-10-6-9-18(28)27-13-11-26(2)12-14-27/h3-5,7-8,15H,6,9-14H2,1-2H3,(H,23,24,25). The van der Waals surface area contributed by atoms with Crippen LogP contribution in [0.4, 0.5) is 5.82 Å². The van der Waals surface area contributed by atoms with Gasteiger partial charge < -0.3 is 15.1 Å². The highest BCUT2D eigenvalue weighted by atomic mass is 32.1. The molecule has 1 N–H and O–H groups in total. The molecule has 1 fully saturated rings. The summed E-state index contributed by atoms with van der Waals surface area (Å²) >= 11 is 1.69. The topological polar surface area (TPSA) is 61.4 Å². The third kappa shape index (κ3) is 4.41. The summed E-state index contributed by atoms with van der Waals surface area (Å²) in [6.45, 7) is 6.45. The number of carbonyl (C=O) groups excluding carboxylic acids is 1. The summed E-state index contributed by atoms with van der Waals surface area (Å²) in [5.41, 5.74) is 2.38. The fourth-order valence-electron chi connectivity index (χ4n) is 3.79. The maximum Gasteiger partial charge on any atom is 0.222 e. The van der Waals surface area contributed by atoms with E-state index in [4.69, 9.17) is 0 Å². The van der Waals surface area contributed by atoms with Crippen LogP contribution < -0.4 is 5.32 Å². The number of thiophene rings is 1. The smallest absolute Gasteiger partial charge is 0.222 e. The molecule has 0 radical (unpaired) electrons. The van der Waals surface area contributed by atoms with Crippen LogP contribution in [0, 0.1) is 6.92 Å². The molecule has 3 aromatic rings. The third-order valence-electron chi connectivity index (χ3n) is 5.44. The minimum atomic E-state index is 0.254. The lowest BCUT2D eigenvalue weighted by Gasteiger charge is -2.32. The average Bonchev–Trinajstić information content (AvgIpc) is 3.08. The molecule has 1 aliphatic heterocycles. The number of piperazine rings is 1. The van der Waals surface area contributed by atoms with Crippen LogP contribution in [0.5, 0.6) is 0 Å². The van der Waals surface area contributed by atoms with Crippen molar-refractivity contribution in [3.63, 3.8) is 0 Å². The summed E-state index contributed by atoms with van der Waals surface area (Å²) in [5.74, 6) is 1.11. The SMILES string of the molecule is Cc1sc2ncnc(NCCCC(=O)N3CCN(C)CC3)c2c1-c1ccccc1. The van der Waals surface area contributed by atoms with Crippen molar-refractivity contribution in [2.24, 2.45) is 0 Å². The van der Waals surface area contributed by atoms with Gasteiger partial charge in [-0.2, -0.15) is 0 Å². The van der Waals surface area contributed by atoms with Gasteiger partial charge in [0.05, 0.1) is 5.39 Å². The van der Waals surface area contributed by atoms with Gasteiger partial charge in [-0.05, 0) is 26.0 Å². The first-order valence-corrected chi connectivity index (χ1v) is 10.9. The summed E-state index contributed by atoms with van der Waals surface area (Å²) in [6, 6.07) is 10.4. The number of carbonyl (C=O) groups is 1. The van der Waals surface area contributed by atoms with Gasteiger partial charge in [-0.3, -0.25) is 4.79 Å². The van der Waals surface area contributed by atoms with E-state index in [0.29, 0.717) is 13.0 Å². The molecule has 4 rings (SSSR count). The number of anilines is 1. The van der Waals surface area contributed by atoms with Gasteiger partial charge in [-0.1, -0.05) is 30.3 Å². The predicted octanol–water partition coefficient (Wildman–Crippen LogP) is 3.63. The van der Waals surface area contributed by atoms with Crippen molar-refractivity contribution in [2.45, 2.75) is 19.8 Å². The van der Waals surface area contributed by atoms with Gasteiger partial charge in [0, 0.05) is 49.6 Å². The normalized spacial score (nSPS) is 15.0. The zero-order chi connectivity index (χ0) is 20.2. The fourth-order valence-corrected chi connectivity index (χ4v) is 4.80. The van der Waals surface area contributed by atoms with E-state index < -0.39 is 0 Å². The first-order valence-electron chi connectivity index (χ1n) is 10.1. The molecule has 29 heavy (non-hydrogen) atoms. The van der Waals surface area contributed by atoms with Crippen molar-refractivity contribution >= 4 is 33.3 Å². The Morgan fingerprint density at radius 1 is 1.14 bits per heavy atom. The number of nitrogens with zero attached hydrogens (tertiary/aromatic N) is 4. The highest BCUT2D eigenvalue weighted by Gasteiger charge is 2.19. The second-order valence-electron chi connectivity index (χ2n) is 7.52. The number of hydrogen-bond acceptors (Lipinski definition) is 6. The van der Waals surface area contributed by atoms with Crippen molar-refractivity contribution in [1.82, 2.24) is 19.8 Å². The van der Waals surface area contributed by atoms with E-state index in [1.165, 1.54) is 16.0 Å². The van der Waals surface area contributed by atoms with Crippen LogP contribution >= 0.6 is 11.3 Å². The Bertz CT molecular complexity index is 980. The molecule has 0 aliphatic carbocycles. The lowest BCUT2D eigenvalue weighted by Crippen LogP contribution is -2.47. The number of benzene rings is 1. The number of likely N-dealkylation sites (N-methyl/N-ethyl adjacent to an activating group) is 1. The van der Waals surface area contributed by atoms with Gasteiger partial charge in [-0.15, -0.1) is 11.3 Å². The highest BCUT2D eigenvalue weighted by Crippen LogP contribution is 2.40. The van der Waals surface area contributed by atoms with Crippen LogP contribution in [0.15, 0.2) is 36.7 Å². The molecule has 0 spiro atoms. The van der Waals surface area contributed by atoms with Crippen LogP contribution in [-0.2, 0) is 4.79 Å². The van der Waals surface area contributed by atoms with E-state index in [1.807, 2.05) is 11.0 Å². The molecule has 0 unspecified atom stereocenters. The largest absolute Gasteiger partial charge is 0.369 e. The molecule has 6 nitrogen and oxygen atoms in total. The minimum Gasteiger partial charge on any atom is -0.369 e. The highest BCUT2D eigenvalue weighted by molar-refractivity contribution is 7.19. The Balaban J connectivity index is 1.43. The van der Waals surface area contributed by atoms with E-state index >= 15 is 0 Å². The van der Waals surface area contributed by atoms with E-state index in [2.05, 4.69) is 58.4 Å². The first kappa shape index (κ1) is 19.8. The summed E-state index contributed by atoms with van der Waals surface area (Å²) in [6.07, 6.45) is 2.98. The molecule has 1 saturated heterocycles. The van der Waals surface area contributed by atoms with E-state index in [-0.39, 0.29) is 5.91 Å². The number of nitrogens with one attached hydrogen (secondary N) is 1. The molecule has 152 valence electrons. The summed E-state index contributed by atoms with van der Waals surface area (Å²) < 4.78 is 0. The first-order chi connectivity index (χ1) is 14.1. The quantitative estimate of drug-likeness (QED) is 0.630. The molecule has 3 heterocycles. The predicted molar refractivity (Wildman–Crippen MR) is 119 cm³/mol. The Kier molecular flexibility index (Phi) is 6.06. The Hall–Kier alpha value is -2.51. The van der Waals surface area contributed by atoms with Crippen molar-refractivity contribution < 1.29 is 4.79 Å². The lowest BCUT2D eigenvalue weighted by atomic mass is 10.0. The molecule has 1 aliphatic rings. The molecule has 0 bridgehead atoms. The Morgan fingerprint density at radius 2 is 1.90 bits per heavy atom. The number of fused-ring (bicyclic) bond motifs is 1. The number of aryl methyl sites for hydroxylation is 1. The van der Waals surface area contributed by atoms with Gasteiger partial charge in [0.15, 0.2) is 0 Å². The van der Waals surface area contributed by atoms with Gasteiger partial charge in [-0.25, -0.2) is 9.97 Å². The molecule has 1 aromatic carbocycles. The van der Waals surface area contributed by atoms with Crippen molar-refractivity contribution in [1.29, 1.82) is 0 Å². The summed E-state index contributed by atoms with van der Waals surface area (Å²) in [7, 11) is 2.10. The second kappa shape index (κ2) is 8.88. The molecule has 2 aromatic heterocycles. The van der Waals surface area contributed by atoms with Gasteiger partial charge in [0.2, 0.25) is 5.91 Å². The van der Waals surface area contributed by atoms with E-state index in [1.54, 1.807) is 17.7 Å². The molecule has 7 heteroatoms. The molecule has 0 atom stereocenters. The van der Waals surface area contributed by atoms with Crippen LogP contribution in [0.3, 0.4) is 0 Å². The lowest BCUT2D eigenvalue weighted by molar-refractivity contribution is -0.132. The van der Waals surface area contributed by atoms with E-state index in [0.717, 1.165) is 48.6 Å². The molecule has 0 saturated carbocycles. The van der Waals surface area contributed by atoms with E-state index in [9.17, 15) is 4.79 Å². The molecular formula is C22H27N5OS. The van der Waals surface area contributed by atoms with Crippen molar-refractivity contribution in [2.75, 3.05) is 45.1 Å². The average molecular weight is 410 g/mol. The monoisotopic (exact) mass is 409 g/mol. The minimum absolute atomic E-state index is 0.254. The van der Waals surface area contributed by atoms with Crippen molar-refractivity contribution in [3.05, 3.63) is 41.5 Å². The van der Waals surface area contributed by atoms with Gasteiger partial charge in [0.25, 0.3) is 0 Å². The maximum absolute atomic E-state index is 12.4. The third-order valence-corrected chi connectivity index (χ3v) is 6.46. The Labute approximate surface area is 175 Å². The second-order valence-corrected chi connectivity index (χ2v) is 8.72. The maximum atomic E-state index is 12.4. The van der Waals surface area contributed by atoms with Crippen LogP contribution in [0.2, 0.25) is 0 Å². The zero-order valence-electron chi connectivity index (χ0n) is 17.0. The summed E-state index contributed by atoms with van der Waals surface area (Å²) in [4.78, 5) is 27.9. The van der Waals surface area contributed by atoms with Gasteiger partial charge >= 0.3 is 0 Å². The van der Waals surface area contributed by atoms with Gasteiger partial charge in [0.1, 0.15) is 17.0 Å². The number of rotatable bonds is 6. The summed E-state index contributed by atoms with van der Waals surface area (Å²) in [5, 5.41) is 4.53. The van der Waals surface area contributed by atoms with Crippen LogP contribution in [0.25, 0.3) is 21.3 Å². The zero-order valence-corrected chi connectivity index (χ0v) is 17.8. The van der Waals surface area contributed by atoms with Crippen molar-refractivity contribution in [3.8, 4) is 11.1 Å². The number of aromatic nitrogens is 2. The van der Waals surface area contributed by atoms with Crippen LogP contribution in [0.1, 0.15) is 17.7 Å². The Morgan fingerprint density at radius 3 is 2.66 bits per heavy atom. The molecule has 1 amide bonds. The number of amides is 1. The molecular weight excluding hydrogens is 382 g/mol. The van der Waals surface area contributed by atoms with Crippen LogP contribution in [-0.4, -0.2) is 65.4 Å². The number of hydrogen-bond donors (Lipinski definition) is 1.